The number of hydrogen-bond donors (Lipinski definition) is 4. The van der Waals surface area contributed by atoms with Crippen LogP contribution in [0, 0.1) is 0 Å². The Morgan fingerprint density at radius 1 is 1.00 bits per heavy atom. The highest BCUT2D eigenvalue weighted by Gasteiger charge is 2.38. The number of piperidine rings is 1. The Bertz CT molecular complexity index is 1380. The van der Waals surface area contributed by atoms with Gasteiger partial charge in [0, 0.05) is 50.2 Å². The van der Waals surface area contributed by atoms with Crippen molar-refractivity contribution in [3.63, 3.8) is 0 Å². The van der Waals surface area contributed by atoms with Gasteiger partial charge < -0.3 is 26.6 Å². The first-order chi connectivity index (χ1) is 20.6. The van der Waals surface area contributed by atoms with Gasteiger partial charge in [-0.1, -0.05) is 48.0 Å². The van der Waals surface area contributed by atoms with E-state index in [4.69, 9.17) is 23.1 Å². The van der Waals surface area contributed by atoms with Crippen LogP contribution >= 0.6 is 11.6 Å². The molecule has 0 bridgehead atoms. The van der Waals surface area contributed by atoms with Crippen molar-refractivity contribution >= 4 is 39.3 Å². The molecule has 2 saturated heterocycles. The molecule has 234 valence electrons. The molecule has 2 aromatic carbocycles. The number of sulfonamides is 1. The summed E-state index contributed by atoms with van der Waals surface area (Å²) in [5.74, 6) is -1.34. The second-order valence-electron chi connectivity index (χ2n) is 11.2. The van der Waals surface area contributed by atoms with Crippen LogP contribution in [0.1, 0.15) is 55.2 Å². The van der Waals surface area contributed by atoms with Gasteiger partial charge in [0.15, 0.2) is 0 Å². The van der Waals surface area contributed by atoms with Crippen LogP contribution in [0.5, 0.6) is 0 Å². The minimum absolute atomic E-state index is 0.0131. The molecule has 2 heterocycles. The zero-order chi connectivity index (χ0) is 31.0. The van der Waals surface area contributed by atoms with Crippen LogP contribution in [0.4, 0.5) is 0 Å². The van der Waals surface area contributed by atoms with Gasteiger partial charge in [0.1, 0.15) is 12.1 Å². The third-order valence-electron chi connectivity index (χ3n) is 8.04. The van der Waals surface area contributed by atoms with Crippen LogP contribution in [0.25, 0.3) is 0 Å². The predicted molar refractivity (Wildman–Crippen MR) is 165 cm³/mol. The van der Waals surface area contributed by atoms with Crippen molar-refractivity contribution in [1.82, 2.24) is 19.8 Å². The Morgan fingerprint density at radius 3 is 2.42 bits per heavy atom. The Kier molecular flexibility index (Phi) is 11.6. The van der Waals surface area contributed by atoms with Gasteiger partial charge in [-0.05, 0) is 60.9 Å². The molecule has 2 aromatic rings. The lowest BCUT2D eigenvalue weighted by Crippen LogP contribution is -2.53. The van der Waals surface area contributed by atoms with E-state index in [0.29, 0.717) is 55.9 Å². The van der Waals surface area contributed by atoms with Crippen LogP contribution < -0.4 is 21.5 Å². The summed E-state index contributed by atoms with van der Waals surface area (Å²) >= 11 is 6.13. The minimum atomic E-state index is -3.95. The fourth-order valence-corrected chi connectivity index (χ4v) is 7.18. The summed E-state index contributed by atoms with van der Waals surface area (Å²) in [6.07, 6.45) is 2.38. The molecular formula is C30H41ClN6O5S. The smallest absolute Gasteiger partial charge is 0.243 e. The SMILES string of the molecule is NCc1ccc(Cl)cc1CNC(=O)[C@@H]1CCCN1C(=O)[C@@H](CCC(=O)N1CCC(N)CC1)NS(=O)(=O)Cc1ccccc1. The van der Waals surface area contributed by atoms with Gasteiger partial charge in [0.25, 0.3) is 0 Å². The second kappa shape index (κ2) is 15.1. The molecule has 3 amide bonds. The van der Waals surface area contributed by atoms with Crippen LogP contribution in [0.15, 0.2) is 48.5 Å². The lowest BCUT2D eigenvalue weighted by atomic mass is 10.0. The Balaban J connectivity index is 1.46. The van der Waals surface area contributed by atoms with E-state index < -0.39 is 28.0 Å². The molecule has 0 aromatic heterocycles. The fourth-order valence-electron chi connectivity index (χ4n) is 5.62. The molecule has 0 radical (unpaired) electrons. The Hall–Kier alpha value is -3.03. The van der Waals surface area contributed by atoms with Crippen molar-refractivity contribution in [3.05, 3.63) is 70.2 Å². The summed E-state index contributed by atoms with van der Waals surface area (Å²) in [5, 5.41) is 3.41. The van der Waals surface area contributed by atoms with Gasteiger partial charge in [-0.2, -0.15) is 0 Å². The number of amides is 3. The minimum Gasteiger partial charge on any atom is -0.350 e. The van der Waals surface area contributed by atoms with E-state index in [1.807, 2.05) is 0 Å². The molecule has 0 unspecified atom stereocenters. The van der Waals surface area contributed by atoms with E-state index in [0.717, 1.165) is 11.1 Å². The molecule has 2 aliphatic heterocycles. The van der Waals surface area contributed by atoms with Crippen LogP contribution in [0.3, 0.4) is 0 Å². The highest BCUT2D eigenvalue weighted by molar-refractivity contribution is 7.88. The van der Waals surface area contributed by atoms with Crippen molar-refractivity contribution in [2.45, 2.75) is 75.5 Å². The van der Waals surface area contributed by atoms with Gasteiger partial charge in [-0.15, -0.1) is 0 Å². The predicted octanol–water partition coefficient (Wildman–Crippen LogP) is 1.62. The van der Waals surface area contributed by atoms with Gasteiger partial charge >= 0.3 is 0 Å². The zero-order valence-electron chi connectivity index (χ0n) is 24.2. The molecule has 2 aliphatic rings. The number of carbonyl (C=O) groups is 3. The number of nitrogens with two attached hydrogens (primary N) is 2. The molecule has 13 heteroatoms. The largest absolute Gasteiger partial charge is 0.350 e. The molecule has 0 aliphatic carbocycles. The summed E-state index contributed by atoms with van der Waals surface area (Å²) in [5.41, 5.74) is 14.0. The van der Waals surface area contributed by atoms with E-state index >= 15 is 0 Å². The van der Waals surface area contributed by atoms with Gasteiger partial charge in [0.2, 0.25) is 27.7 Å². The van der Waals surface area contributed by atoms with Crippen molar-refractivity contribution in [1.29, 1.82) is 0 Å². The summed E-state index contributed by atoms with van der Waals surface area (Å²) in [6.45, 7) is 1.84. The Morgan fingerprint density at radius 2 is 1.72 bits per heavy atom. The average molecular weight is 633 g/mol. The number of halogens is 1. The standard InChI is InChI=1S/C30H41ClN6O5S/c31-24-9-8-22(18-32)23(17-24)19-34-29(39)27-7-4-14-37(27)30(40)26(10-11-28(38)36-15-12-25(33)13-16-36)35-43(41,42)20-21-5-2-1-3-6-21/h1-3,5-6,8-9,17,25-27,35H,4,7,10-16,18-20,32-33H2,(H,34,39)/t26-,27+/m1/s1. The number of nitrogens with zero attached hydrogens (tertiary/aromatic N) is 2. The number of nitrogens with one attached hydrogen (secondary N) is 2. The Labute approximate surface area is 258 Å². The summed E-state index contributed by atoms with van der Waals surface area (Å²) in [6, 6.07) is 12.0. The van der Waals surface area contributed by atoms with Crippen molar-refractivity contribution < 1.29 is 22.8 Å². The summed E-state index contributed by atoms with van der Waals surface area (Å²) in [7, 11) is -3.95. The quantitative estimate of drug-likeness (QED) is 0.276. The van der Waals surface area contributed by atoms with Crippen molar-refractivity contribution in [2.75, 3.05) is 19.6 Å². The van der Waals surface area contributed by atoms with E-state index in [9.17, 15) is 22.8 Å². The third kappa shape index (κ3) is 9.23. The van der Waals surface area contributed by atoms with E-state index in [1.54, 1.807) is 53.4 Å². The highest BCUT2D eigenvalue weighted by Crippen LogP contribution is 2.22. The topological polar surface area (TPSA) is 168 Å². The summed E-state index contributed by atoms with van der Waals surface area (Å²) < 4.78 is 28.9. The third-order valence-corrected chi connectivity index (χ3v) is 9.63. The van der Waals surface area contributed by atoms with Gasteiger partial charge in [-0.3, -0.25) is 14.4 Å². The first-order valence-electron chi connectivity index (χ1n) is 14.7. The molecule has 11 nitrogen and oxygen atoms in total. The first-order valence-corrected chi connectivity index (χ1v) is 16.7. The van der Waals surface area contributed by atoms with Crippen LogP contribution in [-0.2, 0) is 43.2 Å². The molecule has 2 atom stereocenters. The molecule has 0 saturated carbocycles. The maximum atomic E-state index is 13.9. The van der Waals surface area contributed by atoms with E-state index in [-0.39, 0.29) is 49.5 Å². The second-order valence-corrected chi connectivity index (χ2v) is 13.4. The monoisotopic (exact) mass is 632 g/mol. The van der Waals surface area contributed by atoms with Gasteiger partial charge in [0.05, 0.1) is 5.75 Å². The van der Waals surface area contributed by atoms with E-state index in [2.05, 4.69) is 10.0 Å². The van der Waals surface area contributed by atoms with Crippen molar-refractivity contribution in [3.8, 4) is 0 Å². The number of likely N-dealkylation sites (tertiary alicyclic amines) is 2. The molecule has 4 rings (SSSR count). The number of benzene rings is 2. The molecule has 2 fully saturated rings. The zero-order valence-corrected chi connectivity index (χ0v) is 25.8. The van der Waals surface area contributed by atoms with Crippen LogP contribution in [-0.4, -0.2) is 73.7 Å². The van der Waals surface area contributed by atoms with Gasteiger partial charge in [-0.25, -0.2) is 13.1 Å². The number of carbonyl (C=O) groups excluding carboxylic acids is 3. The lowest BCUT2D eigenvalue weighted by Gasteiger charge is -2.31. The van der Waals surface area contributed by atoms with E-state index in [1.165, 1.54) is 4.90 Å². The molecular weight excluding hydrogens is 592 g/mol. The van der Waals surface area contributed by atoms with Crippen molar-refractivity contribution in [2.24, 2.45) is 11.5 Å². The van der Waals surface area contributed by atoms with Crippen LogP contribution in [0.2, 0.25) is 5.02 Å². The number of rotatable bonds is 12. The fraction of sp³-hybridized carbons (Fsp3) is 0.500. The normalized spacial score (nSPS) is 18.4. The lowest BCUT2D eigenvalue weighted by molar-refractivity contribution is -0.140. The number of hydrogen-bond acceptors (Lipinski definition) is 7. The average Bonchev–Trinajstić information content (AvgIpc) is 3.48. The molecule has 0 spiro atoms. The molecule has 43 heavy (non-hydrogen) atoms. The molecule has 6 N–H and O–H groups in total. The first kappa shape index (κ1) is 32.9. The summed E-state index contributed by atoms with van der Waals surface area (Å²) in [4.78, 5) is 43.3. The maximum Gasteiger partial charge on any atom is 0.243 e. The highest BCUT2D eigenvalue weighted by atomic mass is 35.5. The maximum absolute atomic E-state index is 13.9.